The Labute approximate surface area is 159 Å². The molecule has 0 aliphatic carbocycles. The summed E-state index contributed by atoms with van der Waals surface area (Å²) in [6, 6.07) is 0. The Balaban J connectivity index is 0. The van der Waals surface area contributed by atoms with E-state index in [1.807, 2.05) is 0 Å². The van der Waals surface area contributed by atoms with E-state index in [2.05, 4.69) is 33.6 Å². The Bertz CT molecular complexity index is 356. The summed E-state index contributed by atoms with van der Waals surface area (Å²) in [6.45, 7) is 11.4. The topological polar surface area (TPSA) is 54.4 Å². The molecule has 1 N–H and O–H groups in total. The van der Waals surface area contributed by atoms with E-state index in [0.717, 1.165) is 12.8 Å². The van der Waals surface area contributed by atoms with E-state index in [9.17, 15) is 8.42 Å². The van der Waals surface area contributed by atoms with Crippen molar-refractivity contribution in [3.8, 4) is 0 Å². The summed E-state index contributed by atoms with van der Waals surface area (Å²) in [5.41, 5.74) is 0. The van der Waals surface area contributed by atoms with Crippen LogP contribution in [0.15, 0.2) is 0 Å². The average Bonchev–Trinajstić information content (AvgIpc) is 2.45. The quantitative estimate of drug-likeness (QED) is 0.186. The molecule has 0 saturated heterocycles. The van der Waals surface area contributed by atoms with Crippen molar-refractivity contribution >= 4 is 17.4 Å². The number of unbranched alkanes of at least 4 members (excludes halogenated alkanes) is 13. The predicted octanol–water partition coefficient (Wildman–Crippen LogP) is 6.88. The smallest absolute Gasteiger partial charge is 0.264 e. The molecule has 0 heterocycles. The lowest BCUT2D eigenvalue weighted by molar-refractivity contribution is 0.478. The number of hydrogen-bond acceptors (Lipinski definition) is 2. The van der Waals surface area contributed by atoms with Gasteiger partial charge in [0.15, 0.2) is 0 Å². The maximum absolute atomic E-state index is 10.5. The molecule has 25 heavy (non-hydrogen) atoms. The van der Waals surface area contributed by atoms with E-state index in [4.69, 9.17) is 4.55 Å². The second-order valence-electron chi connectivity index (χ2n) is 8.57. The van der Waals surface area contributed by atoms with Gasteiger partial charge in [0.05, 0.1) is 5.75 Å². The first-order chi connectivity index (χ1) is 11.6. The summed E-state index contributed by atoms with van der Waals surface area (Å²) in [7, 11) is -4.13. The van der Waals surface area contributed by atoms with Crippen LogP contribution < -0.4 is 0 Å². The van der Waals surface area contributed by atoms with Crippen LogP contribution in [0.1, 0.15) is 96.8 Å². The van der Waals surface area contributed by atoms with Crippen molar-refractivity contribution in [1.29, 1.82) is 0 Å². The lowest BCUT2D eigenvalue weighted by atomic mass is 10.0. The predicted molar refractivity (Wildman–Crippen MR) is 117 cm³/mol. The van der Waals surface area contributed by atoms with Crippen LogP contribution >= 0.6 is 7.26 Å². The van der Waals surface area contributed by atoms with Gasteiger partial charge in [0.1, 0.15) is 0 Å². The minimum Gasteiger partial charge on any atom is -0.286 e. The van der Waals surface area contributed by atoms with Crippen molar-refractivity contribution in [3.05, 3.63) is 0 Å². The highest BCUT2D eigenvalue weighted by Gasteiger charge is 2.03. The van der Waals surface area contributed by atoms with Crippen molar-refractivity contribution < 1.29 is 13.0 Å². The van der Waals surface area contributed by atoms with Crippen molar-refractivity contribution in [2.45, 2.75) is 96.8 Å². The Morgan fingerprint density at radius 1 is 0.600 bits per heavy atom. The summed E-state index contributed by atoms with van der Waals surface area (Å²) in [5, 5.41) is 0. The van der Waals surface area contributed by atoms with Crippen LogP contribution in [0.4, 0.5) is 0 Å². The van der Waals surface area contributed by atoms with Gasteiger partial charge in [0, 0.05) is 33.9 Å². The van der Waals surface area contributed by atoms with Crippen LogP contribution in [-0.2, 0) is 10.1 Å². The Morgan fingerprint density at radius 3 is 1.08 bits per heavy atom. The molecule has 0 saturated carbocycles. The number of hydrogen-bond donors (Lipinski definition) is 1. The molecule has 154 valence electrons. The van der Waals surface area contributed by atoms with Crippen molar-refractivity contribution in [2.24, 2.45) is 0 Å². The standard InChI is InChI=1S/C16H34O3S.C4H12P/c1-2-3-4-5-6-7-8-9-10-11-12-13-14-15-16-20(17,18)19;1-5(2,3)4/h2-16H2,1H3,(H,17,18,19);1-4H3/q;+1. The van der Waals surface area contributed by atoms with Gasteiger partial charge in [0.25, 0.3) is 10.1 Å². The zero-order chi connectivity index (χ0) is 19.6. The van der Waals surface area contributed by atoms with E-state index in [1.54, 1.807) is 0 Å². The van der Waals surface area contributed by atoms with Gasteiger partial charge in [-0.15, -0.1) is 0 Å². The molecule has 0 aliphatic heterocycles. The number of rotatable bonds is 15. The molecule has 0 fully saturated rings. The lowest BCUT2D eigenvalue weighted by Gasteiger charge is -2.03. The maximum atomic E-state index is 10.5. The SMILES string of the molecule is CCCCCCCCCCCCCCCCS(=O)(=O)O.C[P+](C)(C)C. The van der Waals surface area contributed by atoms with Gasteiger partial charge in [-0.25, -0.2) is 0 Å². The Hall–Kier alpha value is 0.340. The third-order valence-electron chi connectivity index (χ3n) is 3.76. The summed E-state index contributed by atoms with van der Waals surface area (Å²) in [5.74, 6) is -0.0783. The highest BCUT2D eigenvalue weighted by Crippen LogP contribution is 2.40. The van der Waals surface area contributed by atoms with Crippen molar-refractivity contribution in [3.63, 3.8) is 0 Å². The third kappa shape index (κ3) is 40.4. The minimum absolute atomic E-state index is 0.0783. The molecule has 0 aromatic rings. The lowest BCUT2D eigenvalue weighted by Crippen LogP contribution is -2.03. The molecule has 5 heteroatoms. The van der Waals surface area contributed by atoms with E-state index < -0.39 is 10.1 Å². The van der Waals surface area contributed by atoms with Gasteiger partial charge in [-0.05, 0) is 6.42 Å². The molecule has 3 nitrogen and oxygen atoms in total. The second-order valence-corrected chi connectivity index (χ2v) is 15.5. The molecular formula is C20H46O3PS+. The zero-order valence-electron chi connectivity index (χ0n) is 17.7. The van der Waals surface area contributed by atoms with E-state index in [1.165, 1.54) is 70.6 Å². The maximum Gasteiger partial charge on any atom is 0.264 e. The van der Waals surface area contributed by atoms with Crippen LogP contribution in [0.2, 0.25) is 0 Å². The molecule has 0 aromatic heterocycles. The van der Waals surface area contributed by atoms with Gasteiger partial charge in [0.2, 0.25) is 0 Å². The van der Waals surface area contributed by atoms with Crippen LogP contribution in [0.5, 0.6) is 0 Å². The Kier molecular flexibility index (Phi) is 19.6. The van der Waals surface area contributed by atoms with Gasteiger partial charge in [-0.1, -0.05) is 90.4 Å². The third-order valence-corrected chi connectivity index (χ3v) is 4.56. The summed E-state index contributed by atoms with van der Waals surface area (Å²) >= 11 is 0. The van der Waals surface area contributed by atoms with Crippen molar-refractivity contribution in [1.82, 2.24) is 0 Å². The fraction of sp³-hybridized carbons (Fsp3) is 1.00. The molecule has 0 bridgehead atoms. The monoisotopic (exact) mass is 397 g/mol. The van der Waals surface area contributed by atoms with E-state index in [0.29, 0.717) is 6.42 Å². The van der Waals surface area contributed by atoms with Crippen LogP contribution in [0.25, 0.3) is 0 Å². The first kappa shape index (κ1) is 27.6. The highest BCUT2D eigenvalue weighted by molar-refractivity contribution is 7.85. The zero-order valence-corrected chi connectivity index (χ0v) is 19.4. The highest BCUT2D eigenvalue weighted by atomic mass is 32.2. The van der Waals surface area contributed by atoms with Crippen LogP contribution in [-0.4, -0.2) is 45.4 Å². The average molecular weight is 398 g/mol. The molecular weight excluding hydrogens is 351 g/mol. The fourth-order valence-electron chi connectivity index (χ4n) is 2.48. The van der Waals surface area contributed by atoms with Gasteiger partial charge in [-0.2, -0.15) is 8.42 Å². The first-order valence-corrected chi connectivity index (χ1v) is 15.5. The summed E-state index contributed by atoms with van der Waals surface area (Å²) < 4.78 is 29.6. The molecule has 0 rings (SSSR count). The van der Waals surface area contributed by atoms with Crippen molar-refractivity contribution in [2.75, 3.05) is 32.4 Å². The summed E-state index contributed by atoms with van der Waals surface area (Å²) in [6.07, 6.45) is 17.4. The van der Waals surface area contributed by atoms with Crippen LogP contribution in [0.3, 0.4) is 0 Å². The molecule has 0 atom stereocenters. The Morgan fingerprint density at radius 2 is 0.840 bits per heavy atom. The molecule has 0 spiro atoms. The molecule has 0 radical (unpaired) electrons. The van der Waals surface area contributed by atoms with E-state index >= 15 is 0 Å². The van der Waals surface area contributed by atoms with E-state index in [-0.39, 0.29) is 13.0 Å². The van der Waals surface area contributed by atoms with Gasteiger partial charge >= 0.3 is 0 Å². The normalized spacial score (nSPS) is 11.9. The molecule has 0 amide bonds. The second kappa shape index (κ2) is 17.7. The molecule has 0 aliphatic rings. The minimum atomic E-state index is -3.74. The van der Waals surface area contributed by atoms with Gasteiger partial charge < -0.3 is 0 Å². The summed E-state index contributed by atoms with van der Waals surface area (Å²) in [4.78, 5) is 0. The molecule has 0 unspecified atom stereocenters. The first-order valence-electron chi connectivity index (χ1n) is 10.3. The largest absolute Gasteiger partial charge is 0.286 e. The fourth-order valence-corrected chi connectivity index (χ4v) is 3.05. The van der Waals surface area contributed by atoms with Crippen LogP contribution in [0, 0.1) is 0 Å². The molecule has 0 aromatic carbocycles. The van der Waals surface area contributed by atoms with Gasteiger partial charge in [-0.3, -0.25) is 4.55 Å².